The molecule has 0 fully saturated rings. The molecule has 0 aliphatic carbocycles. The maximum atomic E-state index is 5.33. The van der Waals surface area contributed by atoms with Crippen LogP contribution < -0.4 is 0 Å². The summed E-state index contributed by atoms with van der Waals surface area (Å²) in [5.41, 5.74) is 0. The first-order valence-corrected chi connectivity index (χ1v) is 2.14. The van der Waals surface area contributed by atoms with Crippen molar-refractivity contribution in [3.8, 4) is 0 Å². The van der Waals surface area contributed by atoms with Crippen LogP contribution in [0.25, 0.3) is 0 Å². The van der Waals surface area contributed by atoms with E-state index in [1.54, 1.807) is 0 Å². The Bertz CT molecular complexity index is 39.2. The van der Waals surface area contributed by atoms with Gasteiger partial charge in [0.05, 0.1) is 7.85 Å². The number of allylic oxidation sites excluding steroid dienone is 1. The Morgan fingerprint density at radius 2 is 2.50 bits per heavy atom. The molecule has 0 aliphatic rings. The van der Waals surface area contributed by atoms with Crippen molar-refractivity contribution in [2.45, 2.75) is 19.2 Å². The Labute approximate surface area is 40.7 Å². The van der Waals surface area contributed by atoms with Crippen LogP contribution >= 0.6 is 0 Å². The van der Waals surface area contributed by atoms with Gasteiger partial charge >= 0.3 is 0 Å². The molecule has 2 radical (unpaired) electrons. The van der Waals surface area contributed by atoms with Crippen molar-refractivity contribution < 1.29 is 0 Å². The minimum absolute atomic E-state index is 0.280. The van der Waals surface area contributed by atoms with Crippen molar-refractivity contribution in [2.75, 3.05) is 0 Å². The zero-order valence-electron chi connectivity index (χ0n) is 4.15. The molecule has 0 spiro atoms. The number of rotatable bonds is 2. The topological polar surface area (TPSA) is 0 Å². The summed E-state index contributed by atoms with van der Waals surface area (Å²) in [6, 6.07) is 0. The second kappa shape index (κ2) is 3.01. The minimum Gasteiger partial charge on any atom is -0.103 e. The van der Waals surface area contributed by atoms with Gasteiger partial charge < -0.3 is 0 Å². The van der Waals surface area contributed by atoms with Crippen LogP contribution in [-0.4, -0.2) is 7.85 Å². The van der Waals surface area contributed by atoms with E-state index in [9.17, 15) is 0 Å². The van der Waals surface area contributed by atoms with Crippen molar-refractivity contribution >= 4 is 7.85 Å². The Kier molecular flexibility index (Phi) is 2.92. The molecule has 0 aliphatic heterocycles. The third-order valence-corrected chi connectivity index (χ3v) is 0.538. The number of hydrogen-bond acceptors (Lipinski definition) is 0. The van der Waals surface area contributed by atoms with E-state index in [1.807, 2.05) is 13.0 Å². The van der Waals surface area contributed by atoms with Crippen LogP contribution in [0.4, 0.5) is 0 Å². The van der Waals surface area contributed by atoms with Gasteiger partial charge in [-0.15, -0.1) is 6.58 Å². The lowest BCUT2D eigenvalue weighted by molar-refractivity contribution is 0.954. The molecule has 0 aromatic carbocycles. The average molecular weight is 79.9 g/mol. The summed E-state index contributed by atoms with van der Waals surface area (Å²) in [4.78, 5) is 0. The quantitative estimate of drug-likeness (QED) is 0.348. The van der Waals surface area contributed by atoms with Crippen molar-refractivity contribution in [3.05, 3.63) is 12.7 Å². The highest BCUT2D eigenvalue weighted by molar-refractivity contribution is 6.11. The summed E-state index contributed by atoms with van der Waals surface area (Å²) < 4.78 is 0. The van der Waals surface area contributed by atoms with E-state index in [1.165, 1.54) is 0 Å². The van der Waals surface area contributed by atoms with Gasteiger partial charge in [0.15, 0.2) is 0 Å². The molecule has 0 aromatic rings. The Morgan fingerprint density at radius 1 is 2.00 bits per heavy atom. The molecule has 0 saturated heterocycles. The highest BCUT2D eigenvalue weighted by Gasteiger charge is 1.82. The van der Waals surface area contributed by atoms with Crippen molar-refractivity contribution in [1.82, 2.24) is 0 Å². The largest absolute Gasteiger partial charge is 0.103 e. The second-order valence-electron chi connectivity index (χ2n) is 1.50. The van der Waals surface area contributed by atoms with Crippen LogP contribution in [0, 0.1) is 0 Å². The number of hydrogen-bond donors (Lipinski definition) is 0. The van der Waals surface area contributed by atoms with E-state index in [-0.39, 0.29) is 5.82 Å². The maximum absolute atomic E-state index is 5.33. The van der Waals surface area contributed by atoms with E-state index in [4.69, 9.17) is 7.85 Å². The molecule has 32 valence electrons. The Balaban J connectivity index is 2.81. The molecule has 0 unspecified atom stereocenters. The van der Waals surface area contributed by atoms with Crippen molar-refractivity contribution in [1.29, 1.82) is 0 Å². The molecule has 0 heterocycles. The lowest BCUT2D eigenvalue weighted by Crippen LogP contribution is -1.78. The van der Waals surface area contributed by atoms with Crippen LogP contribution in [0.2, 0.25) is 5.82 Å². The van der Waals surface area contributed by atoms with Gasteiger partial charge in [-0.05, 0) is 6.42 Å². The molecule has 1 atom stereocenters. The molecular weight excluding hydrogens is 70.9 g/mol. The molecule has 0 bridgehead atoms. The standard InChI is InChI=1S/C5H9B/c1-3-4-5(2)6/h3,5H,1,4H2,2H3/t5-/m1/s1. The molecule has 1 heteroatoms. The highest BCUT2D eigenvalue weighted by atomic mass is 13.8. The van der Waals surface area contributed by atoms with Gasteiger partial charge in [-0.3, -0.25) is 0 Å². The smallest absolute Gasteiger partial charge is 0.0699 e. The van der Waals surface area contributed by atoms with Gasteiger partial charge in [0.1, 0.15) is 0 Å². The van der Waals surface area contributed by atoms with E-state index in [0.717, 1.165) is 6.42 Å². The van der Waals surface area contributed by atoms with Gasteiger partial charge in [0.25, 0.3) is 0 Å². The molecule has 0 N–H and O–H groups in total. The summed E-state index contributed by atoms with van der Waals surface area (Å²) in [7, 11) is 5.33. The third kappa shape index (κ3) is 3.80. The van der Waals surface area contributed by atoms with Gasteiger partial charge in [-0.1, -0.05) is 18.8 Å². The fourth-order valence-corrected chi connectivity index (χ4v) is 0.263. The van der Waals surface area contributed by atoms with E-state index < -0.39 is 0 Å². The van der Waals surface area contributed by atoms with Crippen molar-refractivity contribution in [2.24, 2.45) is 0 Å². The molecule has 0 aromatic heterocycles. The van der Waals surface area contributed by atoms with Gasteiger partial charge in [-0.2, -0.15) is 0 Å². The van der Waals surface area contributed by atoms with E-state index in [0.29, 0.717) is 0 Å². The SMILES string of the molecule is [B][C@H](C)CC=C. The van der Waals surface area contributed by atoms with Crippen LogP contribution in [0.3, 0.4) is 0 Å². The normalized spacial score (nSPS) is 13.5. The molecule has 0 rings (SSSR count). The first-order valence-electron chi connectivity index (χ1n) is 2.14. The van der Waals surface area contributed by atoms with E-state index >= 15 is 0 Å². The lowest BCUT2D eigenvalue weighted by Gasteiger charge is -1.92. The van der Waals surface area contributed by atoms with Crippen LogP contribution in [0.1, 0.15) is 13.3 Å². The molecule has 0 nitrogen and oxygen atoms in total. The predicted molar refractivity (Wildman–Crippen MR) is 30.0 cm³/mol. The second-order valence-corrected chi connectivity index (χ2v) is 1.50. The van der Waals surface area contributed by atoms with Gasteiger partial charge in [0, 0.05) is 0 Å². The molecule has 6 heavy (non-hydrogen) atoms. The predicted octanol–water partition coefficient (Wildman–Crippen LogP) is 1.54. The Morgan fingerprint density at radius 3 is 2.50 bits per heavy atom. The zero-order valence-corrected chi connectivity index (χ0v) is 4.15. The summed E-state index contributed by atoms with van der Waals surface area (Å²) in [5, 5.41) is 0. The van der Waals surface area contributed by atoms with Crippen LogP contribution in [0.5, 0.6) is 0 Å². The first-order chi connectivity index (χ1) is 2.77. The van der Waals surface area contributed by atoms with E-state index in [2.05, 4.69) is 6.58 Å². The molecule has 0 saturated carbocycles. The summed E-state index contributed by atoms with van der Waals surface area (Å²) in [6.07, 6.45) is 2.74. The maximum Gasteiger partial charge on any atom is 0.0699 e. The molecule has 0 amide bonds. The highest BCUT2D eigenvalue weighted by Crippen LogP contribution is 2.00. The summed E-state index contributed by atoms with van der Waals surface area (Å²) in [6.45, 7) is 5.48. The lowest BCUT2D eigenvalue weighted by atomic mass is 9.87. The van der Waals surface area contributed by atoms with Crippen molar-refractivity contribution in [3.63, 3.8) is 0 Å². The van der Waals surface area contributed by atoms with Crippen LogP contribution in [-0.2, 0) is 0 Å². The first kappa shape index (κ1) is 5.80. The summed E-state index contributed by atoms with van der Waals surface area (Å²) in [5.74, 6) is 0.280. The monoisotopic (exact) mass is 80.1 g/mol. The minimum atomic E-state index is 0.280. The van der Waals surface area contributed by atoms with Crippen LogP contribution in [0.15, 0.2) is 12.7 Å². The average Bonchev–Trinajstić information content (AvgIpc) is 1.35. The fourth-order valence-electron chi connectivity index (χ4n) is 0.263. The fraction of sp³-hybridized carbons (Fsp3) is 0.600. The Hall–Kier alpha value is -0.195. The van der Waals surface area contributed by atoms with Gasteiger partial charge in [-0.25, -0.2) is 0 Å². The zero-order chi connectivity index (χ0) is 4.99. The third-order valence-electron chi connectivity index (χ3n) is 0.538. The van der Waals surface area contributed by atoms with Gasteiger partial charge in [0.2, 0.25) is 0 Å². The molecular formula is C5H9B. The summed E-state index contributed by atoms with van der Waals surface area (Å²) >= 11 is 0.